The summed E-state index contributed by atoms with van der Waals surface area (Å²) in [7, 11) is 0. The summed E-state index contributed by atoms with van der Waals surface area (Å²) in [6.45, 7) is 2.05. The molecule has 1 fully saturated rings. The minimum atomic E-state index is -0.889. The van der Waals surface area contributed by atoms with Crippen molar-refractivity contribution in [2.75, 3.05) is 6.54 Å². The van der Waals surface area contributed by atoms with E-state index in [1.807, 2.05) is 18.2 Å². The third-order valence-electron chi connectivity index (χ3n) is 4.37. The molecule has 0 saturated heterocycles. The first-order chi connectivity index (χ1) is 10.6. The molecule has 2 amide bonds. The normalized spacial score (nSPS) is 18.5. The average molecular weight is 304 g/mol. The van der Waals surface area contributed by atoms with Crippen molar-refractivity contribution < 1.29 is 9.90 Å². The topological polar surface area (TPSA) is 61.4 Å². The van der Waals surface area contributed by atoms with E-state index in [9.17, 15) is 9.90 Å². The molecule has 122 valence electrons. The number of nitrogens with one attached hydrogen (secondary N) is 2. The van der Waals surface area contributed by atoms with E-state index in [1.54, 1.807) is 6.92 Å². The smallest absolute Gasteiger partial charge is 0.315 e. The Bertz CT molecular complexity index is 453. The van der Waals surface area contributed by atoms with Gasteiger partial charge in [-0.25, -0.2) is 4.79 Å². The molecule has 0 spiro atoms. The molecule has 4 nitrogen and oxygen atoms in total. The molecule has 0 bridgehead atoms. The van der Waals surface area contributed by atoms with Gasteiger partial charge >= 0.3 is 6.03 Å². The molecule has 1 aromatic rings. The third kappa shape index (κ3) is 6.06. The Morgan fingerprint density at radius 1 is 1.23 bits per heavy atom. The van der Waals surface area contributed by atoms with Gasteiger partial charge in [-0.2, -0.15) is 0 Å². The minimum absolute atomic E-state index is 0.160. The van der Waals surface area contributed by atoms with Crippen LogP contribution in [0.1, 0.15) is 51.0 Å². The first-order valence-electron chi connectivity index (χ1n) is 8.36. The van der Waals surface area contributed by atoms with Crippen molar-refractivity contribution in [3.63, 3.8) is 0 Å². The third-order valence-corrected chi connectivity index (χ3v) is 4.37. The van der Waals surface area contributed by atoms with Gasteiger partial charge in [0.05, 0.1) is 5.60 Å². The van der Waals surface area contributed by atoms with E-state index in [1.165, 1.54) is 24.8 Å². The number of benzene rings is 1. The fourth-order valence-electron chi connectivity index (χ4n) is 2.90. The summed E-state index contributed by atoms with van der Waals surface area (Å²) >= 11 is 0. The van der Waals surface area contributed by atoms with E-state index in [4.69, 9.17) is 0 Å². The van der Waals surface area contributed by atoms with Crippen molar-refractivity contribution in [1.29, 1.82) is 0 Å². The van der Waals surface area contributed by atoms with Crippen LogP contribution in [0, 0.1) is 0 Å². The number of carbonyl (C=O) groups is 1. The highest BCUT2D eigenvalue weighted by Crippen LogP contribution is 2.17. The summed E-state index contributed by atoms with van der Waals surface area (Å²) in [5.74, 6) is 0. The second kappa shape index (κ2) is 8.18. The number of urea groups is 1. The number of hydrogen-bond acceptors (Lipinski definition) is 2. The van der Waals surface area contributed by atoms with Gasteiger partial charge in [-0.3, -0.25) is 0 Å². The molecule has 2 rings (SSSR count). The summed E-state index contributed by atoms with van der Waals surface area (Å²) in [4.78, 5) is 11.9. The molecule has 3 N–H and O–H groups in total. The zero-order valence-electron chi connectivity index (χ0n) is 13.5. The van der Waals surface area contributed by atoms with Gasteiger partial charge in [-0.05, 0) is 38.2 Å². The fraction of sp³-hybridized carbons (Fsp3) is 0.611. The molecule has 1 aliphatic carbocycles. The van der Waals surface area contributed by atoms with Gasteiger partial charge in [0.1, 0.15) is 0 Å². The largest absolute Gasteiger partial charge is 0.388 e. The minimum Gasteiger partial charge on any atom is -0.388 e. The Kier molecular flexibility index (Phi) is 6.25. The molecule has 0 radical (unpaired) electrons. The van der Waals surface area contributed by atoms with Crippen molar-refractivity contribution in [3.8, 4) is 0 Å². The Morgan fingerprint density at radius 2 is 1.91 bits per heavy atom. The quantitative estimate of drug-likeness (QED) is 0.756. The average Bonchev–Trinajstić information content (AvgIpc) is 2.53. The summed E-state index contributed by atoms with van der Waals surface area (Å²) < 4.78 is 0. The maximum atomic E-state index is 11.9. The molecular weight excluding hydrogens is 276 g/mol. The predicted octanol–water partition coefficient (Wildman–Crippen LogP) is 3.00. The van der Waals surface area contributed by atoms with Gasteiger partial charge in [0.25, 0.3) is 0 Å². The summed E-state index contributed by atoms with van der Waals surface area (Å²) in [6, 6.07) is 10.2. The lowest BCUT2D eigenvalue weighted by Gasteiger charge is -2.26. The van der Waals surface area contributed by atoms with E-state index in [0.717, 1.165) is 19.3 Å². The summed E-state index contributed by atoms with van der Waals surface area (Å²) in [5, 5.41) is 16.2. The van der Waals surface area contributed by atoms with E-state index < -0.39 is 5.60 Å². The standard InChI is InChI=1S/C18H28N2O2/c1-18(22,13-12-15-8-4-2-5-9-15)14-19-17(21)20-16-10-6-3-7-11-16/h2,4-5,8-9,16,22H,3,6-7,10-14H2,1H3,(H2,19,20,21)/t18-/m0/s1. The van der Waals surface area contributed by atoms with E-state index in [-0.39, 0.29) is 12.6 Å². The number of carbonyl (C=O) groups excluding carboxylic acids is 1. The molecule has 0 aromatic heterocycles. The zero-order valence-corrected chi connectivity index (χ0v) is 13.5. The molecule has 4 heteroatoms. The maximum Gasteiger partial charge on any atom is 0.315 e. The van der Waals surface area contributed by atoms with E-state index >= 15 is 0 Å². The van der Waals surface area contributed by atoms with Crippen LogP contribution in [0.5, 0.6) is 0 Å². The van der Waals surface area contributed by atoms with Gasteiger partial charge in [-0.15, -0.1) is 0 Å². The number of aryl methyl sites for hydroxylation is 1. The molecule has 1 atom stereocenters. The van der Waals surface area contributed by atoms with Crippen molar-refractivity contribution in [2.24, 2.45) is 0 Å². The van der Waals surface area contributed by atoms with Crippen molar-refractivity contribution >= 4 is 6.03 Å². The lowest BCUT2D eigenvalue weighted by Crippen LogP contribution is -2.48. The SMILES string of the molecule is C[C@](O)(CCc1ccccc1)CNC(=O)NC1CCCCC1. The molecule has 0 aliphatic heterocycles. The Balaban J connectivity index is 1.68. The number of amides is 2. The van der Waals surface area contributed by atoms with Crippen LogP contribution in [0.25, 0.3) is 0 Å². The van der Waals surface area contributed by atoms with Gasteiger partial charge in [0.2, 0.25) is 0 Å². The van der Waals surface area contributed by atoms with Crippen LogP contribution in [0.15, 0.2) is 30.3 Å². The molecule has 22 heavy (non-hydrogen) atoms. The van der Waals surface area contributed by atoms with Crippen LogP contribution in [-0.4, -0.2) is 29.3 Å². The Hall–Kier alpha value is -1.55. The molecule has 0 heterocycles. The molecular formula is C18H28N2O2. The van der Waals surface area contributed by atoms with Crippen molar-refractivity contribution in [1.82, 2.24) is 10.6 Å². The van der Waals surface area contributed by atoms with Crippen LogP contribution >= 0.6 is 0 Å². The number of hydrogen-bond donors (Lipinski definition) is 3. The second-order valence-corrected chi connectivity index (χ2v) is 6.64. The second-order valence-electron chi connectivity index (χ2n) is 6.64. The number of aliphatic hydroxyl groups is 1. The molecule has 0 unspecified atom stereocenters. The first kappa shape index (κ1) is 16.8. The highest BCUT2D eigenvalue weighted by atomic mass is 16.3. The summed E-state index contributed by atoms with van der Waals surface area (Å²) in [6.07, 6.45) is 7.23. The van der Waals surface area contributed by atoms with Crippen molar-refractivity contribution in [2.45, 2.75) is 63.5 Å². The molecule has 1 saturated carbocycles. The highest BCUT2D eigenvalue weighted by Gasteiger charge is 2.22. The lowest BCUT2D eigenvalue weighted by molar-refractivity contribution is 0.0532. The van der Waals surface area contributed by atoms with Gasteiger partial charge in [-0.1, -0.05) is 49.6 Å². The van der Waals surface area contributed by atoms with Crippen LogP contribution < -0.4 is 10.6 Å². The maximum absolute atomic E-state index is 11.9. The Labute approximate surface area is 133 Å². The number of rotatable bonds is 6. The summed E-state index contributed by atoms with van der Waals surface area (Å²) in [5.41, 5.74) is 0.314. The van der Waals surface area contributed by atoms with E-state index in [2.05, 4.69) is 22.8 Å². The van der Waals surface area contributed by atoms with Gasteiger partial charge in [0, 0.05) is 12.6 Å². The first-order valence-corrected chi connectivity index (χ1v) is 8.36. The lowest BCUT2D eigenvalue weighted by atomic mass is 9.95. The zero-order chi connectivity index (χ0) is 15.8. The van der Waals surface area contributed by atoms with Crippen molar-refractivity contribution in [3.05, 3.63) is 35.9 Å². The molecule has 1 aromatic carbocycles. The van der Waals surface area contributed by atoms with E-state index in [0.29, 0.717) is 12.5 Å². The van der Waals surface area contributed by atoms with Crippen LogP contribution in [0.3, 0.4) is 0 Å². The monoisotopic (exact) mass is 304 g/mol. The van der Waals surface area contributed by atoms with Gasteiger partial charge in [0.15, 0.2) is 0 Å². The van der Waals surface area contributed by atoms with Crippen LogP contribution in [0.4, 0.5) is 4.79 Å². The van der Waals surface area contributed by atoms with Crippen LogP contribution in [0.2, 0.25) is 0 Å². The highest BCUT2D eigenvalue weighted by molar-refractivity contribution is 5.74. The van der Waals surface area contributed by atoms with Gasteiger partial charge < -0.3 is 15.7 Å². The fourth-order valence-corrected chi connectivity index (χ4v) is 2.90. The Morgan fingerprint density at radius 3 is 2.59 bits per heavy atom. The predicted molar refractivity (Wildman–Crippen MR) is 88.8 cm³/mol. The molecule has 1 aliphatic rings. The van der Waals surface area contributed by atoms with Crippen LogP contribution in [-0.2, 0) is 6.42 Å².